The number of amides is 1. The average molecular weight is 238 g/mol. The van der Waals surface area contributed by atoms with E-state index in [9.17, 15) is 4.79 Å². The lowest BCUT2D eigenvalue weighted by atomic mass is 10.2. The van der Waals surface area contributed by atoms with E-state index in [1.54, 1.807) is 0 Å². The second-order valence-electron chi connectivity index (χ2n) is 4.55. The lowest BCUT2D eigenvalue weighted by molar-refractivity contribution is -0.128. The first-order valence-electron chi connectivity index (χ1n) is 6.02. The quantitative estimate of drug-likeness (QED) is 0.854. The van der Waals surface area contributed by atoms with E-state index < -0.39 is 0 Å². The van der Waals surface area contributed by atoms with Gasteiger partial charge in [-0.05, 0) is 12.8 Å². The van der Waals surface area contributed by atoms with Gasteiger partial charge in [0.2, 0.25) is 5.91 Å². The van der Waals surface area contributed by atoms with Crippen LogP contribution in [-0.2, 0) is 4.79 Å². The molecule has 6 heteroatoms. The summed E-state index contributed by atoms with van der Waals surface area (Å²) in [6, 6.07) is 0.321. The van der Waals surface area contributed by atoms with Crippen LogP contribution in [0.2, 0.25) is 0 Å². The lowest BCUT2D eigenvalue weighted by Crippen LogP contribution is -2.33. The van der Waals surface area contributed by atoms with Gasteiger partial charge in [0.05, 0.1) is 6.54 Å². The Kier molecular flexibility index (Phi) is 3.61. The van der Waals surface area contributed by atoms with E-state index in [0.29, 0.717) is 11.8 Å². The van der Waals surface area contributed by atoms with Crippen LogP contribution in [0.1, 0.15) is 38.4 Å². The standard InChI is InChI=1S/C11H18N4O2/c1-8(2)10-13-11(17-14-10)12-7-9(16)15-5-3-4-6-15/h8H,3-7H2,1-2H3,(H,12,13,14). The van der Waals surface area contributed by atoms with Crippen molar-refractivity contribution in [1.82, 2.24) is 15.0 Å². The molecule has 2 rings (SSSR count). The molecule has 0 saturated carbocycles. The monoisotopic (exact) mass is 238 g/mol. The SMILES string of the molecule is CC(C)c1noc(NCC(=O)N2CCCC2)n1. The predicted molar refractivity (Wildman–Crippen MR) is 62.7 cm³/mol. The molecule has 1 amide bonds. The second kappa shape index (κ2) is 5.16. The average Bonchev–Trinajstić information content (AvgIpc) is 2.97. The highest BCUT2D eigenvalue weighted by Gasteiger charge is 2.18. The van der Waals surface area contributed by atoms with Gasteiger partial charge in [0, 0.05) is 19.0 Å². The zero-order valence-electron chi connectivity index (χ0n) is 10.3. The van der Waals surface area contributed by atoms with Gasteiger partial charge in [-0.3, -0.25) is 4.79 Å². The molecule has 1 aromatic heterocycles. The van der Waals surface area contributed by atoms with Crippen molar-refractivity contribution in [3.63, 3.8) is 0 Å². The van der Waals surface area contributed by atoms with Crippen LogP contribution in [0.5, 0.6) is 0 Å². The van der Waals surface area contributed by atoms with Gasteiger partial charge in [0.15, 0.2) is 5.82 Å². The maximum Gasteiger partial charge on any atom is 0.321 e. The molecular formula is C11H18N4O2. The summed E-state index contributed by atoms with van der Waals surface area (Å²) in [6.45, 7) is 5.93. The van der Waals surface area contributed by atoms with Crippen molar-refractivity contribution in [2.45, 2.75) is 32.6 Å². The predicted octanol–water partition coefficient (Wildman–Crippen LogP) is 1.23. The van der Waals surface area contributed by atoms with E-state index in [1.165, 1.54) is 0 Å². The van der Waals surface area contributed by atoms with E-state index in [2.05, 4.69) is 15.5 Å². The number of nitrogens with one attached hydrogen (secondary N) is 1. The molecule has 0 radical (unpaired) electrons. The third-order valence-electron chi connectivity index (χ3n) is 2.81. The van der Waals surface area contributed by atoms with E-state index in [4.69, 9.17) is 4.52 Å². The maximum absolute atomic E-state index is 11.7. The second-order valence-corrected chi connectivity index (χ2v) is 4.55. The van der Waals surface area contributed by atoms with Crippen molar-refractivity contribution in [3.8, 4) is 0 Å². The van der Waals surface area contributed by atoms with Gasteiger partial charge in [0.25, 0.3) is 0 Å². The van der Waals surface area contributed by atoms with E-state index in [0.717, 1.165) is 25.9 Å². The summed E-state index contributed by atoms with van der Waals surface area (Å²) in [5.41, 5.74) is 0. The minimum atomic E-state index is 0.0896. The number of carbonyl (C=O) groups is 1. The van der Waals surface area contributed by atoms with Crippen LogP contribution in [0.4, 0.5) is 6.01 Å². The Morgan fingerprint density at radius 2 is 2.18 bits per heavy atom. The molecule has 1 N–H and O–H groups in total. The molecule has 1 aromatic rings. The van der Waals surface area contributed by atoms with Crippen molar-refractivity contribution >= 4 is 11.9 Å². The molecule has 0 spiro atoms. The number of anilines is 1. The van der Waals surface area contributed by atoms with Crippen molar-refractivity contribution in [2.24, 2.45) is 0 Å². The van der Waals surface area contributed by atoms with Crippen LogP contribution in [0, 0.1) is 0 Å². The molecule has 0 aromatic carbocycles. The smallest absolute Gasteiger partial charge is 0.321 e. The molecule has 0 bridgehead atoms. The van der Waals surface area contributed by atoms with Crippen LogP contribution in [0.15, 0.2) is 4.52 Å². The number of carbonyl (C=O) groups excluding carboxylic acids is 1. The summed E-state index contributed by atoms with van der Waals surface area (Å²) in [7, 11) is 0. The van der Waals surface area contributed by atoms with Gasteiger partial charge in [0.1, 0.15) is 0 Å². The van der Waals surface area contributed by atoms with Gasteiger partial charge >= 0.3 is 6.01 Å². The Bertz CT molecular complexity index is 383. The van der Waals surface area contributed by atoms with Crippen LogP contribution < -0.4 is 5.32 Å². The summed E-state index contributed by atoms with van der Waals surface area (Å²) in [4.78, 5) is 17.7. The minimum absolute atomic E-state index is 0.0896. The molecule has 94 valence electrons. The minimum Gasteiger partial charge on any atom is -0.341 e. The topological polar surface area (TPSA) is 71.3 Å². The van der Waals surface area contributed by atoms with Gasteiger partial charge in [-0.25, -0.2) is 0 Å². The number of nitrogens with zero attached hydrogens (tertiary/aromatic N) is 3. The fourth-order valence-corrected chi connectivity index (χ4v) is 1.77. The number of hydrogen-bond donors (Lipinski definition) is 1. The summed E-state index contributed by atoms with van der Waals surface area (Å²) in [5.74, 6) is 0.969. The highest BCUT2D eigenvalue weighted by atomic mass is 16.5. The van der Waals surface area contributed by atoms with Crippen LogP contribution >= 0.6 is 0 Å². The van der Waals surface area contributed by atoms with Crippen LogP contribution in [0.25, 0.3) is 0 Å². The van der Waals surface area contributed by atoms with Gasteiger partial charge in [-0.15, -0.1) is 0 Å². The molecule has 2 heterocycles. The highest BCUT2D eigenvalue weighted by Crippen LogP contribution is 2.12. The van der Waals surface area contributed by atoms with Crippen LogP contribution in [0.3, 0.4) is 0 Å². The molecule has 1 aliphatic heterocycles. The summed E-state index contributed by atoms with van der Waals surface area (Å²) in [6.07, 6.45) is 2.20. The van der Waals surface area contributed by atoms with E-state index >= 15 is 0 Å². The number of aromatic nitrogens is 2. The Labute approximate surface area is 100 Å². The normalized spacial score (nSPS) is 15.6. The fraction of sp³-hybridized carbons (Fsp3) is 0.727. The molecule has 0 atom stereocenters. The Balaban J connectivity index is 1.82. The Morgan fingerprint density at radius 3 is 2.76 bits per heavy atom. The first-order chi connectivity index (χ1) is 8.16. The zero-order chi connectivity index (χ0) is 12.3. The van der Waals surface area contributed by atoms with Crippen LogP contribution in [-0.4, -0.2) is 40.6 Å². The first kappa shape index (κ1) is 11.9. The maximum atomic E-state index is 11.7. The molecule has 17 heavy (non-hydrogen) atoms. The third-order valence-corrected chi connectivity index (χ3v) is 2.81. The number of likely N-dealkylation sites (tertiary alicyclic amines) is 1. The van der Waals surface area contributed by atoms with Crippen molar-refractivity contribution < 1.29 is 9.32 Å². The van der Waals surface area contributed by atoms with E-state index in [1.807, 2.05) is 18.7 Å². The molecule has 1 saturated heterocycles. The molecular weight excluding hydrogens is 220 g/mol. The zero-order valence-corrected chi connectivity index (χ0v) is 10.3. The molecule has 0 unspecified atom stereocenters. The Hall–Kier alpha value is -1.59. The molecule has 0 aliphatic carbocycles. The largest absolute Gasteiger partial charge is 0.341 e. The fourth-order valence-electron chi connectivity index (χ4n) is 1.77. The molecule has 1 fully saturated rings. The number of rotatable bonds is 4. The van der Waals surface area contributed by atoms with E-state index in [-0.39, 0.29) is 18.4 Å². The summed E-state index contributed by atoms with van der Waals surface area (Å²) < 4.78 is 5.00. The highest BCUT2D eigenvalue weighted by molar-refractivity contribution is 5.80. The van der Waals surface area contributed by atoms with Gasteiger partial charge in [-0.1, -0.05) is 19.0 Å². The van der Waals surface area contributed by atoms with Crippen molar-refractivity contribution in [3.05, 3.63) is 5.82 Å². The number of hydrogen-bond acceptors (Lipinski definition) is 5. The van der Waals surface area contributed by atoms with Crippen molar-refractivity contribution in [1.29, 1.82) is 0 Å². The summed E-state index contributed by atoms with van der Waals surface area (Å²) in [5, 5.41) is 6.68. The lowest BCUT2D eigenvalue weighted by Gasteiger charge is -2.14. The van der Waals surface area contributed by atoms with Gasteiger partial charge in [-0.2, -0.15) is 4.98 Å². The van der Waals surface area contributed by atoms with Crippen molar-refractivity contribution in [2.75, 3.05) is 25.0 Å². The summed E-state index contributed by atoms with van der Waals surface area (Å²) >= 11 is 0. The molecule has 1 aliphatic rings. The molecule has 6 nitrogen and oxygen atoms in total. The third kappa shape index (κ3) is 2.95. The Morgan fingerprint density at radius 1 is 1.47 bits per heavy atom. The first-order valence-corrected chi connectivity index (χ1v) is 6.02. The van der Waals surface area contributed by atoms with Gasteiger partial charge < -0.3 is 14.7 Å².